The molecule has 3 unspecified atom stereocenters. The van der Waals surface area contributed by atoms with Crippen LogP contribution in [0.1, 0.15) is 51.9 Å². The van der Waals surface area contributed by atoms with Crippen LogP contribution in [0.5, 0.6) is 0 Å². The number of piperidine rings is 1. The molecule has 118 valence electrons. The molecule has 20 heavy (non-hydrogen) atoms. The summed E-state index contributed by atoms with van der Waals surface area (Å²) < 4.78 is 0. The number of hydrogen-bond acceptors (Lipinski definition) is 3. The highest BCUT2D eigenvalue weighted by molar-refractivity contribution is 4.86. The SMILES string of the molecule is CCCC1CCC(N)C(CN(C)C2CCN(C)CC2)C1. The van der Waals surface area contributed by atoms with E-state index in [2.05, 4.69) is 30.8 Å². The lowest BCUT2D eigenvalue weighted by atomic mass is 9.76. The van der Waals surface area contributed by atoms with Crippen LogP contribution >= 0.6 is 0 Å². The number of nitrogens with two attached hydrogens (primary N) is 1. The number of nitrogens with zero attached hydrogens (tertiary/aromatic N) is 2. The van der Waals surface area contributed by atoms with Gasteiger partial charge in [0, 0.05) is 18.6 Å². The van der Waals surface area contributed by atoms with Crippen molar-refractivity contribution in [2.45, 2.75) is 64.0 Å². The molecule has 3 heteroatoms. The summed E-state index contributed by atoms with van der Waals surface area (Å²) in [5, 5.41) is 0. The second kappa shape index (κ2) is 7.77. The zero-order chi connectivity index (χ0) is 14.5. The molecule has 3 nitrogen and oxygen atoms in total. The minimum absolute atomic E-state index is 0.442. The Morgan fingerprint density at radius 1 is 1.15 bits per heavy atom. The van der Waals surface area contributed by atoms with Gasteiger partial charge in [0.15, 0.2) is 0 Å². The van der Waals surface area contributed by atoms with Crippen LogP contribution < -0.4 is 5.73 Å². The van der Waals surface area contributed by atoms with Crippen LogP contribution in [0.3, 0.4) is 0 Å². The maximum atomic E-state index is 6.40. The van der Waals surface area contributed by atoms with Crippen molar-refractivity contribution in [1.82, 2.24) is 9.80 Å². The zero-order valence-electron chi connectivity index (χ0n) is 13.9. The Morgan fingerprint density at radius 2 is 1.85 bits per heavy atom. The van der Waals surface area contributed by atoms with Crippen molar-refractivity contribution in [1.29, 1.82) is 0 Å². The van der Waals surface area contributed by atoms with Crippen molar-refractivity contribution >= 4 is 0 Å². The fourth-order valence-corrected chi connectivity index (χ4v) is 4.22. The highest BCUT2D eigenvalue weighted by atomic mass is 15.2. The van der Waals surface area contributed by atoms with Crippen molar-refractivity contribution in [3.8, 4) is 0 Å². The molecule has 0 bridgehead atoms. The van der Waals surface area contributed by atoms with Gasteiger partial charge in [0.1, 0.15) is 0 Å². The summed E-state index contributed by atoms with van der Waals surface area (Å²) in [7, 11) is 4.56. The molecule has 0 aromatic rings. The molecule has 1 heterocycles. The summed E-state index contributed by atoms with van der Waals surface area (Å²) in [5.41, 5.74) is 6.40. The van der Waals surface area contributed by atoms with Gasteiger partial charge in [0.05, 0.1) is 0 Å². The highest BCUT2D eigenvalue weighted by Gasteiger charge is 2.30. The smallest absolute Gasteiger partial charge is 0.0117 e. The lowest BCUT2D eigenvalue weighted by molar-refractivity contribution is 0.103. The first-order valence-electron chi connectivity index (χ1n) is 8.74. The second-order valence-electron chi connectivity index (χ2n) is 7.37. The Labute approximate surface area is 125 Å². The van der Waals surface area contributed by atoms with Crippen LogP contribution in [0.4, 0.5) is 0 Å². The van der Waals surface area contributed by atoms with Gasteiger partial charge in [-0.05, 0) is 71.1 Å². The van der Waals surface area contributed by atoms with Crippen molar-refractivity contribution in [3.05, 3.63) is 0 Å². The summed E-state index contributed by atoms with van der Waals surface area (Å²) in [6.07, 6.45) is 9.37. The summed E-state index contributed by atoms with van der Waals surface area (Å²) in [4.78, 5) is 5.07. The van der Waals surface area contributed by atoms with E-state index in [1.165, 1.54) is 64.6 Å². The average molecular weight is 281 g/mol. The molecular formula is C17H35N3. The lowest BCUT2D eigenvalue weighted by Crippen LogP contribution is -2.47. The standard InChI is InChI=1S/C17H35N3/c1-4-5-14-6-7-17(18)15(12-14)13-20(3)16-8-10-19(2)11-9-16/h14-17H,4-13,18H2,1-3H3. The molecule has 2 aliphatic rings. The molecule has 2 rings (SSSR count). The Morgan fingerprint density at radius 3 is 2.50 bits per heavy atom. The predicted molar refractivity (Wildman–Crippen MR) is 86.9 cm³/mol. The third-order valence-corrected chi connectivity index (χ3v) is 5.68. The molecule has 2 N–H and O–H groups in total. The average Bonchev–Trinajstić information content (AvgIpc) is 2.43. The van der Waals surface area contributed by atoms with E-state index >= 15 is 0 Å². The summed E-state index contributed by atoms with van der Waals surface area (Å²) in [6, 6.07) is 1.22. The first-order valence-corrected chi connectivity index (χ1v) is 8.74. The predicted octanol–water partition coefficient (Wildman–Crippen LogP) is 2.56. The van der Waals surface area contributed by atoms with Gasteiger partial charge in [-0.25, -0.2) is 0 Å². The molecule has 0 radical (unpaired) electrons. The molecular weight excluding hydrogens is 246 g/mol. The summed E-state index contributed by atoms with van der Waals surface area (Å²) in [6.45, 7) is 6.04. The molecule has 1 saturated carbocycles. The van der Waals surface area contributed by atoms with Gasteiger partial charge in [-0.15, -0.1) is 0 Å². The minimum Gasteiger partial charge on any atom is -0.327 e. The Kier molecular flexibility index (Phi) is 6.31. The van der Waals surface area contributed by atoms with E-state index in [0.717, 1.165) is 17.9 Å². The third-order valence-electron chi connectivity index (χ3n) is 5.68. The molecule has 3 atom stereocenters. The lowest BCUT2D eigenvalue weighted by Gasteiger charge is -2.40. The molecule has 0 spiro atoms. The first-order chi connectivity index (χ1) is 9.60. The molecule has 0 amide bonds. The van der Waals surface area contributed by atoms with E-state index in [1.54, 1.807) is 0 Å². The fourth-order valence-electron chi connectivity index (χ4n) is 4.22. The van der Waals surface area contributed by atoms with E-state index in [0.29, 0.717) is 6.04 Å². The molecule has 1 aliphatic heterocycles. The summed E-state index contributed by atoms with van der Waals surface area (Å²) in [5.74, 6) is 1.67. The largest absolute Gasteiger partial charge is 0.327 e. The topological polar surface area (TPSA) is 32.5 Å². The van der Waals surface area contributed by atoms with E-state index in [4.69, 9.17) is 5.73 Å². The first kappa shape index (κ1) is 16.3. The third kappa shape index (κ3) is 4.44. The molecule has 2 fully saturated rings. The van der Waals surface area contributed by atoms with Crippen molar-refractivity contribution in [2.75, 3.05) is 33.7 Å². The van der Waals surface area contributed by atoms with Gasteiger partial charge in [-0.3, -0.25) is 0 Å². The van der Waals surface area contributed by atoms with E-state index in [1.807, 2.05) is 0 Å². The summed E-state index contributed by atoms with van der Waals surface area (Å²) >= 11 is 0. The monoisotopic (exact) mass is 281 g/mol. The Balaban J connectivity index is 1.80. The molecule has 0 aromatic carbocycles. The van der Waals surface area contributed by atoms with Gasteiger partial charge in [-0.2, -0.15) is 0 Å². The van der Waals surface area contributed by atoms with Gasteiger partial charge >= 0.3 is 0 Å². The second-order valence-corrected chi connectivity index (χ2v) is 7.37. The zero-order valence-corrected chi connectivity index (χ0v) is 13.9. The van der Waals surface area contributed by atoms with Gasteiger partial charge in [0.2, 0.25) is 0 Å². The van der Waals surface area contributed by atoms with Gasteiger partial charge in [-0.1, -0.05) is 19.8 Å². The van der Waals surface area contributed by atoms with Crippen molar-refractivity contribution in [2.24, 2.45) is 17.6 Å². The van der Waals surface area contributed by atoms with Gasteiger partial charge in [0.25, 0.3) is 0 Å². The maximum Gasteiger partial charge on any atom is 0.0117 e. The van der Waals surface area contributed by atoms with Crippen LogP contribution in [-0.2, 0) is 0 Å². The Bertz CT molecular complexity index is 273. The maximum absolute atomic E-state index is 6.40. The highest BCUT2D eigenvalue weighted by Crippen LogP contribution is 2.32. The molecule has 1 aliphatic carbocycles. The van der Waals surface area contributed by atoms with Crippen LogP contribution in [-0.4, -0.2) is 55.6 Å². The van der Waals surface area contributed by atoms with Crippen LogP contribution in [0, 0.1) is 11.8 Å². The van der Waals surface area contributed by atoms with Crippen LogP contribution in [0.25, 0.3) is 0 Å². The van der Waals surface area contributed by atoms with Crippen LogP contribution in [0.15, 0.2) is 0 Å². The normalized spacial score (nSPS) is 33.8. The minimum atomic E-state index is 0.442. The molecule has 1 saturated heterocycles. The van der Waals surface area contributed by atoms with Crippen molar-refractivity contribution in [3.63, 3.8) is 0 Å². The quantitative estimate of drug-likeness (QED) is 0.840. The number of rotatable bonds is 5. The van der Waals surface area contributed by atoms with Crippen molar-refractivity contribution < 1.29 is 0 Å². The number of hydrogen-bond donors (Lipinski definition) is 1. The van der Waals surface area contributed by atoms with E-state index in [-0.39, 0.29) is 0 Å². The van der Waals surface area contributed by atoms with E-state index < -0.39 is 0 Å². The number of likely N-dealkylation sites (tertiary alicyclic amines) is 1. The Hall–Kier alpha value is -0.120. The molecule has 0 aromatic heterocycles. The van der Waals surface area contributed by atoms with E-state index in [9.17, 15) is 0 Å². The fraction of sp³-hybridized carbons (Fsp3) is 1.00. The van der Waals surface area contributed by atoms with Crippen LogP contribution in [0.2, 0.25) is 0 Å². The van der Waals surface area contributed by atoms with Gasteiger partial charge < -0.3 is 15.5 Å².